The third kappa shape index (κ3) is 8.76. The third-order valence-electron chi connectivity index (χ3n) is 6.86. The smallest absolute Gasteiger partial charge is 0.480 e. The van der Waals surface area contributed by atoms with Crippen LogP contribution in [0.1, 0.15) is 24.0 Å². The van der Waals surface area contributed by atoms with Crippen LogP contribution >= 0.6 is 0 Å². The van der Waals surface area contributed by atoms with Crippen molar-refractivity contribution in [2.75, 3.05) is 0 Å². The second kappa shape index (κ2) is 14.8. The first-order valence-corrected chi connectivity index (χ1v) is 12.6. The molecule has 0 saturated carbocycles. The van der Waals surface area contributed by atoms with Gasteiger partial charge < -0.3 is 52.1 Å². The van der Waals surface area contributed by atoms with E-state index in [0.29, 0.717) is 11.1 Å². The number of hydrogen-bond donors (Lipinski definition) is 10. The predicted molar refractivity (Wildman–Crippen MR) is 155 cm³/mol. The van der Waals surface area contributed by atoms with Gasteiger partial charge in [-0.05, 0) is 23.3 Å². The van der Waals surface area contributed by atoms with Gasteiger partial charge in [0.05, 0.1) is 0 Å². The first-order chi connectivity index (χ1) is 19.7. The number of nitrogens with one attached hydrogen (secondary N) is 2. The van der Waals surface area contributed by atoms with Crippen molar-refractivity contribution in [2.24, 2.45) is 11.5 Å². The van der Waals surface area contributed by atoms with Gasteiger partial charge in [0.1, 0.15) is 12.1 Å². The van der Waals surface area contributed by atoms with E-state index >= 15 is 0 Å². The second-order valence-corrected chi connectivity index (χ2v) is 10.0. The van der Waals surface area contributed by atoms with Crippen LogP contribution in [0.4, 0.5) is 0 Å². The quantitative estimate of drug-likeness (QED) is 0.0952. The summed E-state index contributed by atoms with van der Waals surface area (Å²) < 4.78 is 0. The Kier molecular flexibility index (Phi) is 12.3. The van der Waals surface area contributed by atoms with Gasteiger partial charge in [-0.25, -0.2) is 9.59 Å². The van der Waals surface area contributed by atoms with E-state index < -0.39 is 60.0 Å². The molecular formula is C28H32CaN4O10+2. The van der Waals surface area contributed by atoms with Crippen LogP contribution < -0.4 is 11.5 Å². The van der Waals surface area contributed by atoms with E-state index in [0.717, 1.165) is 21.8 Å². The molecule has 0 unspecified atom stereocenters. The molecule has 0 spiro atoms. The number of fused-ring (bicyclic) bond motifs is 2. The van der Waals surface area contributed by atoms with Gasteiger partial charge in [-0.2, -0.15) is 0 Å². The maximum Gasteiger partial charge on any atom is 2.00 e. The minimum atomic E-state index is -2.23. The number of rotatable bonds is 12. The van der Waals surface area contributed by atoms with E-state index in [4.69, 9.17) is 21.7 Å². The Bertz CT molecular complexity index is 1490. The number of carboxylic acids is 4. The largest absolute Gasteiger partial charge is 2.00 e. The van der Waals surface area contributed by atoms with Crippen LogP contribution in [0.2, 0.25) is 0 Å². The summed E-state index contributed by atoms with van der Waals surface area (Å²) in [5.41, 5.74) is 9.03. The van der Waals surface area contributed by atoms with Gasteiger partial charge in [0, 0.05) is 59.9 Å². The number of carboxylic acid groups (broad SMARTS) is 4. The standard InChI is InChI=1S/2C14H16N2O5.Ca/c2*15-10(12(17)18)6-14(21,13(19)20)5-8-7-16-11-4-2-1-3-9(8)11;/h2*1-4,7,10,16,21H,5-6,15H2,(H,17,18)(H,19,20);/q;;+2/t2*10-,14-;/m11./s1. The third-order valence-corrected chi connectivity index (χ3v) is 6.86. The molecule has 4 rings (SSSR count). The summed E-state index contributed by atoms with van der Waals surface area (Å²) in [6.07, 6.45) is 1.60. The number of benzene rings is 2. The van der Waals surface area contributed by atoms with Gasteiger partial charge in [-0.1, -0.05) is 36.4 Å². The van der Waals surface area contributed by atoms with E-state index in [1.54, 1.807) is 36.7 Å². The van der Waals surface area contributed by atoms with Crippen molar-refractivity contribution in [1.82, 2.24) is 9.97 Å². The van der Waals surface area contributed by atoms with E-state index in [-0.39, 0.29) is 50.6 Å². The van der Waals surface area contributed by atoms with Crippen molar-refractivity contribution >= 4 is 83.4 Å². The van der Waals surface area contributed by atoms with Gasteiger partial charge >= 0.3 is 61.6 Å². The molecule has 0 fully saturated rings. The molecule has 4 aromatic rings. The Morgan fingerprint density at radius 3 is 1.28 bits per heavy atom. The Balaban J connectivity index is 0.000000293. The van der Waals surface area contributed by atoms with Crippen molar-refractivity contribution in [3.05, 3.63) is 72.1 Å². The molecule has 0 aliphatic heterocycles. The van der Waals surface area contributed by atoms with Crippen molar-refractivity contribution in [3.63, 3.8) is 0 Å². The molecule has 15 heteroatoms. The monoisotopic (exact) mass is 624 g/mol. The SMILES string of the molecule is N[C@H](C[C@](O)(Cc1c[nH]c2ccccc12)C(=O)O)C(=O)O.N[C@H](C[C@](O)(Cc1c[nH]c2ccccc12)C(=O)O)C(=O)O.[Ca+2]. The number of aromatic amines is 2. The summed E-state index contributed by atoms with van der Waals surface area (Å²) in [5, 5.41) is 58.2. The molecule has 224 valence electrons. The van der Waals surface area contributed by atoms with E-state index in [2.05, 4.69) is 9.97 Å². The molecule has 2 aromatic carbocycles. The number of nitrogens with two attached hydrogens (primary N) is 2. The van der Waals surface area contributed by atoms with Crippen LogP contribution in [0.3, 0.4) is 0 Å². The van der Waals surface area contributed by atoms with Gasteiger partial charge in [0.25, 0.3) is 0 Å². The number of aliphatic hydroxyl groups is 2. The van der Waals surface area contributed by atoms with Crippen LogP contribution in [0.5, 0.6) is 0 Å². The number of H-pyrrole nitrogens is 2. The molecule has 4 atom stereocenters. The summed E-state index contributed by atoms with van der Waals surface area (Å²) in [4.78, 5) is 50.2. The average Bonchev–Trinajstić information content (AvgIpc) is 3.52. The Morgan fingerprint density at radius 1 is 0.651 bits per heavy atom. The molecule has 0 amide bonds. The minimum Gasteiger partial charge on any atom is -0.480 e. The van der Waals surface area contributed by atoms with Crippen molar-refractivity contribution in [1.29, 1.82) is 0 Å². The summed E-state index contributed by atoms with van der Waals surface area (Å²) >= 11 is 0. The maximum atomic E-state index is 11.3. The van der Waals surface area contributed by atoms with Gasteiger partial charge in [-0.3, -0.25) is 9.59 Å². The van der Waals surface area contributed by atoms with Crippen LogP contribution in [-0.2, 0) is 32.0 Å². The van der Waals surface area contributed by atoms with Gasteiger partial charge in [0.15, 0.2) is 11.2 Å². The Hall–Kier alpha value is -3.50. The fourth-order valence-corrected chi connectivity index (χ4v) is 4.56. The second-order valence-electron chi connectivity index (χ2n) is 10.0. The van der Waals surface area contributed by atoms with E-state index in [1.165, 1.54) is 0 Å². The number of hydrogen-bond acceptors (Lipinski definition) is 8. The number of carbonyl (C=O) groups is 4. The molecule has 0 bridgehead atoms. The summed E-state index contributed by atoms with van der Waals surface area (Å²) in [7, 11) is 0. The number of aliphatic carboxylic acids is 4. The molecule has 0 radical (unpaired) electrons. The number of para-hydroxylation sites is 2. The fourth-order valence-electron chi connectivity index (χ4n) is 4.56. The molecular weight excluding hydrogens is 592 g/mol. The molecule has 0 aliphatic carbocycles. The summed E-state index contributed by atoms with van der Waals surface area (Å²) in [6.45, 7) is 0. The molecule has 0 aliphatic rings. The fraction of sp³-hybridized carbons (Fsp3) is 0.286. The predicted octanol–water partition coefficient (Wildman–Crippen LogP) is 0.275. The number of aromatic nitrogens is 2. The first-order valence-electron chi connectivity index (χ1n) is 12.6. The van der Waals surface area contributed by atoms with Crippen LogP contribution in [0.25, 0.3) is 21.8 Å². The maximum absolute atomic E-state index is 11.3. The zero-order chi connectivity index (χ0) is 31.2. The normalized spacial score (nSPS) is 15.2. The molecule has 2 aromatic heterocycles. The van der Waals surface area contributed by atoms with Crippen molar-refractivity contribution < 1.29 is 49.8 Å². The molecule has 0 saturated heterocycles. The molecule has 2 heterocycles. The van der Waals surface area contributed by atoms with E-state index in [1.807, 2.05) is 24.3 Å². The zero-order valence-corrected chi connectivity index (χ0v) is 25.1. The minimum absolute atomic E-state index is 0. The van der Waals surface area contributed by atoms with Crippen LogP contribution in [0.15, 0.2) is 60.9 Å². The van der Waals surface area contributed by atoms with Gasteiger partial charge in [-0.15, -0.1) is 0 Å². The average molecular weight is 625 g/mol. The van der Waals surface area contributed by atoms with Crippen molar-refractivity contribution in [2.45, 2.75) is 49.0 Å². The van der Waals surface area contributed by atoms with Crippen LogP contribution in [-0.4, -0.2) is 126 Å². The molecule has 14 nitrogen and oxygen atoms in total. The molecule has 43 heavy (non-hydrogen) atoms. The summed E-state index contributed by atoms with van der Waals surface area (Å²) in [5.74, 6) is -5.70. The Morgan fingerprint density at radius 2 is 0.977 bits per heavy atom. The van der Waals surface area contributed by atoms with E-state index in [9.17, 15) is 39.6 Å². The Labute approximate surface area is 274 Å². The topological polar surface area (TPSA) is 273 Å². The van der Waals surface area contributed by atoms with Crippen LogP contribution in [0, 0.1) is 0 Å². The first kappa shape index (κ1) is 35.7. The zero-order valence-electron chi connectivity index (χ0n) is 22.9. The summed E-state index contributed by atoms with van der Waals surface area (Å²) in [6, 6.07) is 11.6. The van der Waals surface area contributed by atoms with Crippen molar-refractivity contribution in [3.8, 4) is 0 Å². The van der Waals surface area contributed by atoms with Gasteiger partial charge in [0.2, 0.25) is 0 Å². The molecule has 12 N–H and O–H groups in total.